The highest BCUT2D eigenvalue weighted by atomic mass is 35.5. The van der Waals surface area contributed by atoms with Crippen molar-refractivity contribution in [3.8, 4) is 80.1 Å². The zero-order valence-electron chi connectivity index (χ0n) is 70.7. The molecule has 0 aliphatic carbocycles. The van der Waals surface area contributed by atoms with Crippen molar-refractivity contribution in [3.63, 3.8) is 0 Å². The van der Waals surface area contributed by atoms with Gasteiger partial charge in [-0.3, -0.25) is 38.5 Å². The number of nitrogens with zero attached hydrogens (tertiary/aromatic N) is 1. The normalized spacial score (nSPS) is 25.6. The van der Waals surface area contributed by atoms with E-state index in [1.165, 1.54) is 37.4 Å². The van der Waals surface area contributed by atoms with Gasteiger partial charge < -0.3 is 141 Å². The van der Waals surface area contributed by atoms with Gasteiger partial charge in [-0.1, -0.05) is 112 Å². The number of aliphatic hydroxyl groups excluding tert-OH is 7. The summed E-state index contributed by atoms with van der Waals surface area (Å²) >= 11 is 14.3. The molecule has 0 spiro atoms. The third-order valence-electron chi connectivity index (χ3n) is 22.7. The first kappa shape index (κ1) is 95.1. The molecule has 41 heteroatoms. The number of carbonyl (C=O) groups is 10. The lowest BCUT2D eigenvalue weighted by molar-refractivity contribution is -0.277. The Bertz CT molecular complexity index is 5490. The maximum atomic E-state index is 16.8. The van der Waals surface area contributed by atoms with Gasteiger partial charge in [0.25, 0.3) is 0 Å². The minimum absolute atomic E-state index is 0.0521. The number of esters is 1. The van der Waals surface area contributed by atoms with E-state index >= 15 is 28.8 Å². The molecule has 0 unspecified atom stereocenters. The molecule has 8 amide bonds. The third-order valence-corrected chi connectivity index (χ3v) is 23.4. The van der Waals surface area contributed by atoms with E-state index in [0.29, 0.717) is 12.8 Å². The number of benzene rings is 7. The second-order valence-electron chi connectivity index (χ2n) is 33.1. The van der Waals surface area contributed by atoms with Crippen LogP contribution in [0, 0.1) is 0 Å². The van der Waals surface area contributed by atoms with Gasteiger partial charge in [0.05, 0.1) is 23.8 Å². The topological polar surface area (TPSA) is 584 Å². The minimum atomic E-state index is -2.50. The number of carbonyl (C=O) groups excluding carboxylic acids is 9. The number of methoxy groups -OCH3 is 1. The number of ether oxygens (including phenoxy) is 9. The van der Waals surface area contributed by atoms with E-state index in [2.05, 4.69) is 44.1 Å². The largest absolute Gasteiger partial charge is 0.508 e. The number of fused-ring (bicyclic) bond motifs is 14. The Kier molecular flexibility index (Phi) is 29.4. The summed E-state index contributed by atoms with van der Waals surface area (Å²) in [5.41, 5.74) is -4.85. The predicted molar refractivity (Wildman–Crippen MR) is 453 cm³/mol. The lowest BCUT2D eigenvalue weighted by Crippen LogP contribution is -2.66. The molecule has 19 N–H and O–H groups in total. The monoisotopic (exact) mass is 1840 g/mol. The highest BCUT2D eigenvalue weighted by Gasteiger charge is 2.52. The number of nitrogens with one attached hydrogen (secondary N) is 7. The molecule has 8 aliphatic rings. The van der Waals surface area contributed by atoms with Crippen LogP contribution in [0.2, 0.25) is 10.0 Å². The number of unbranched alkanes of at least 4 members (excludes halogenated alkanes) is 8. The van der Waals surface area contributed by atoms with Crippen molar-refractivity contribution in [3.05, 3.63) is 164 Å². The van der Waals surface area contributed by atoms with Crippen molar-refractivity contribution >= 4 is 82.6 Å². The highest BCUT2D eigenvalue weighted by molar-refractivity contribution is 6.33. The molecule has 18 atom stereocenters. The van der Waals surface area contributed by atoms with Crippen LogP contribution in [0.4, 0.5) is 4.79 Å². The Balaban J connectivity index is 1.04. The molecule has 694 valence electrons. The van der Waals surface area contributed by atoms with Crippen molar-refractivity contribution in [1.29, 1.82) is 0 Å². The summed E-state index contributed by atoms with van der Waals surface area (Å²) in [5.74, 6) is -19.7. The summed E-state index contributed by atoms with van der Waals surface area (Å²) in [6.07, 6.45) is -14.9. The first-order chi connectivity index (χ1) is 61.8. The molecule has 0 aromatic heterocycles. The molecule has 2 saturated heterocycles. The van der Waals surface area contributed by atoms with Crippen molar-refractivity contribution in [2.45, 2.75) is 214 Å². The summed E-state index contributed by atoms with van der Waals surface area (Å²) in [7, 11) is 2.16. The van der Waals surface area contributed by atoms with E-state index in [1.54, 1.807) is 20.8 Å². The second-order valence-corrected chi connectivity index (χ2v) is 33.9. The van der Waals surface area contributed by atoms with Gasteiger partial charge in [-0.2, -0.15) is 0 Å². The van der Waals surface area contributed by atoms with E-state index in [4.69, 9.17) is 65.8 Å². The van der Waals surface area contributed by atoms with Gasteiger partial charge in [0.2, 0.25) is 59.7 Å². The van der Waals surface area contributed by atoms with Gasteiger partial charge in [-0.05, 0) is 128 Å². The number of rotatable bonds is 19. The number of aromatic hydroxyl groups is 4. The summed E-state index contributed by atoms with van der Waals surface area (Å²) in [4.78, 5) is 153. The van der Waals surface area contributed by atoms with Crippen LogP contribution in [0.5, 0.6) is 69.0 Å². The fraction of sp³-hybridized carbons (Fsp3) is 0.416. The number of amides is 8. The van der Waals surface area contributed by atoms with E-state index in [-0.39, 0.29) is 28.9 Å². The highest BCUT2D eigenvalue weighted by Crippen LogP contribution is 2.51. The Morgan fingerprint density at radius 2 is 1.18 bits per heavy atom. The molecule has 7 aromatic rings. The van der Waals surface area contributed by atoms with Gasteiger partial charge >= 0.3 is 18.0 Å². The van der Waals surface area contributed by atoms with Gasteiger partial charge in [-0.15, -0.1) is 0 Å². The average molecular weight is 1850 g/mol. The molecule has 39 nitrogen and oxygen atoms in total. The molecule has 15 rings (SSSR count). The maximum Gasteiger partial charge on any atom is 0.410 e. The molecule has 130 heavy (non-hydrogen) atoms. The number of carboxylic acid groups (broad SMARTS) is 1. The molecular formula is C89H98Cl2N8O31. The fourth-order valence-electron chi connectivity index (χ4n) is 15.9. The van der Waals surface area contributed by atoms with Crippen molar-refractivity contribution in [2.75, 3.05) is 20.8 Å². The number of hydrogen-bond acceptors (Lipinski definition) is 30. The Morgan fingerprint density at radius 1 is 0.554 bits per heavy atom. The third kappa shape index (κ3) is 21.0. The van der Waals surface area contributed by atoms with Crippen molar-refractivity contribution in [1.82, 2.24) is 42.1 Å². The van der Waals surface area contributed by atoms with Crippen molar-refractivity contribution in [2.24, 2.45) is 0 Å². The smallest absolute Gasteiger partial charge is 0.410 e. The summed E-state index contributed by atoms with van der Waals surface area (Å²) in [6, 6.07) is 3.20. The summed E-state index contributed by atoms with van der Waals surface area (Å²) < 4.78 is 55.3. The summed E-state index contributed by atoms with van der Waals surface area (Å²) in [5, 5.41) is 155. The van der Waals surface area contributed by atoms with Crippen LogP contribution < -0.4 is 60.9 Å². The Morgan fingerprint density at radius 3 is 1.85 bits per heavy atom. The molecule has 8 heterocycles. The minimum Gasteiger partial charge on any atom is -0.508 e. The van der Waals surface area contributed by atoms with E-state index in [1.807, 2.05) is 0 Å². The molecule has 17 bridgehead atoms. The fourth-order valence-corrected chi connectivity index (χ4v) is 16.3. The number of phenols is 4. The van der Waals surface area contributed by atoms with Gasteiger partial charge in [0.1, 0.15) is 131 Å². The van der Waals surface area contributed by atoms with Crippen molar-refractivity contribution < 1.29 is 152 Å². The summed E-state index contributed by atoms with van der Waals surface area (Å²) in [6.45, 7) is 5.79. The van der Waals surface area contributed by atoms with Gasteiger partial charge in [0, 0.05) is 54.3 Å². The van der Waals surface area contributed by atoms with Crippen LogP contribution in [-0.2, 0) is 68.5 Å². The van der Waals surface area contributed by atoms with E-state index in [0.717, 1.165) is 142 Å². The number of phenolic OH excluding ortho intramolecular Hbond substituents is 4. The molecule has 2 fully saturated rings. The molecular weight excluding hydrogens is 1750 g/mol. The Labute approximate surface area is 751 Å². The molecule has 7 aromatic carbocycles. The lowest BCUT2D eigenvalue weighted by Gasteiger charge is -2.41. The quantitative estimate of drug-likeness (QED) is 0.0323. The van der Waals surface area contributed by atoms with Crippen LogP contribution in [0.25, 0.3) is 11.1 Å². The van der Waals surface area contributed by atoms with Gasteiger partial charge in [0.15, 0.2) is 35.1 Å². The van der Waals surface area contributed by atoms with Gasteiger partial charge in [-0.25, -0.2) is 14.4 Å². The first-order valence-electron chi connectivity index (χ1n) is 41.7. The molecule has 0 saturated carbocycles. The van der Waals surface area contributed by atoms with Crippen LogP contribution >= 0.6 is 23.2 Å². The predicted octanol–water partition coefficient (Wildman–Crippen LogP) is 6.06. The van der Waals surface area contributed by atoms with Crippen LogP contribution in [0.1, 0.15) is 167 Å². The molecule has 0 radical (unpaired) electrons. The number of aliphatic hydroxyl groups is 7. The van der Waals surface area contributed by atoms with Crippen LogP contribution in [-0.4, -0.2) is 225 Å². The zero-order chi connectivity index (χ0) is 93.8. The number of likely N-dealkylation sites (N-methyl/N-ethyl adjacent to an activating group) is 1. The standard InChI is InChI=1S/C89H98Cl2N8O31/c1-7-8-9-10-11-12-13-14-15-16-60(105)93-68-72(108)74(110)77(85(120)122-6)129-86(68)128-76-57-31-42-32-58(76)125-54-26-21-41(29-49(54)90)70(106)67-82(116)97-66(84(118)119)47-33-43(101)34-56(126-87-75(111)73(109)71(107)59(37-100)127-87)61(47)46-28-39(19-24-51(46)102)63(79(113)98-67)94-80(114)64(42)95-81(115)65-48-35-45(36-53(104)62(48)91)124-55-30-40(20-25-52(55)103)69(99(5)88(121)130-89(2,3)4)83(117)92-50(78(112)96-65)27-38-17-22-44(123-57)23-18-38/h17-26,28-36,50,59,63-75,77,86-87,100-104,106-111H,7-16,27,37H2,1-6H3,(H,92,117)(H,93,105)(H,94,114)(H,95,115)(H,96,112)(H,97,116)(H,98,113)(H,118,119)/t50-,59-,63-,64-,65+,66-,67+,68-,69-,70-,71-,72-,73+,74+,75+,77+,86-,87+/m1/s1. The van der Waals surface area contributed by atoms with Crippen LogP contribution in [0.3, 0.4) is 0 Å². The second kappa shape index (κ2) is 40.2. The average Bonchev–Trinajstić information content (AvgIpc) is 0.758. The van der Waals surface area contributed by atoms with E-state index in [9.17, 15) is 80.5 Å². The van der Waals surface area contributed by atoms with E-state index < -0.39 is 294 Å². The zero-order valence-corrected chi connectivity index (χ0v) is 72.2. The number of aliphatic carboxylic acids is 1. The number of halogens is 2. The van der Waals surface area contributed by atoms with Crippen LogP contribution in [0.15, 0.2) is 115 Å². The SMILES string of the molecule is CCCCCCCCCCCC(=O)N[C@H]1[C@H](Oc2c3cc4cc2Oc2ccc(cc2Cl)[C@@H](O)[C@@H]2NC(=O)[C@H](NC(=O)[C@@H]4NC(=O)[C@H]4NC(=O)[C@@H](Cc5ccc(cc5)O3)NC(=O)[C@H](N(C)C(=O)OC(C)(C)C)c3ccc(O)c(c3)Oc3cc(O)c(Cl)c4c3)c3ccc(O)c(c3)-c3c(O[C@H]4O[C@H](CO)[C@@H](O)[C@H](O)[C@@H]4O)cc(O)cc3[C@H](C(=O)O)NC2=O)O[C@H](C(=O)OC)[C@@H](O)[C@@H]1O. The maximum absolute atomic E-state index is 16.8. The Hall–Kier alpha value is -12.5. The first-order valence-corrected chi connectivity index (χ1v) is 42.4. The number of carboxylic acids is 1. The molecule has 8 aliphatic heterocycles. The lowest BCUT2D eigenvalue weighted by atomic mass is 9.89. The number of hydrogen-bond donors (Lipinski definition) is 19.